The van der Waals surface area contributed by atoms with E-state index in [0.717, 1.165) is 0 Å². The quantitative estimate of drug-likeness (QED) is 0.850. The summed E-state index contributed by atoms with van der Waals surface area (Å²) in [6.07, 6.45) is 0. The van der Waals surface area contributed by atoms with Crippen molar-refractivity contribution in [2.24, 2.45) is 0 Å². The Morgan fingerprint density at radius 1 is 1.35 bits per heavy atom. The molecule has 1 rings (SSSR count). The van der Waals surface area contributed by atoms with E-state index in [0.29, 0.717) is 12.1 Å². The Labute approximate surface area is 96.5 Å². The van der Waals surface area contributed by atoms with Gasteiger partial charge in [-0.2, -0.15) is 0 Å². The van der Waals surface area contributed by atoms with E-state index in [4.69, 9.17) is 9.84 Å². The van der Waals surface area contributed by atoms with Crippen LogP contribution < -0.4 is 4.74 Å². The van der Waals surface area contributed by atoms with Crippen LogP contribution in [0.15, 0.2) is 12.1 Å². The summed E-state index contributed by atoms with van der Waals surface area (Å²) in [7, 11) is 0. The van der Waals surface area contributed by atoms with Gasteiger partial charge < -0.3 is 14.9 Å². The fourth-order valence-electron chi connectivity index (χ4n) is 1.07. The summed E-state index contributed by atoms with van der Waals surface area (Å²) in [5.41, 5.74) is -1.75. The summed E-state index contributed by atoms with van der Waals surface area (Å²) in [6.45, 7) is 2.51. The van der Waals surface area contributed by atoms with Crippen molar-refractivity contribution in [2.75, 3.05) is 6.61 Å². The van der Waals surface area contributed by atoms with Crippen molar-refractivity contribution < 1.29 is 28.5 Å². The van der Waals surface area contributed by atoms with E-state index < -0.39 is 34.5 Å². The summed E-state index contributed by atoms with van der Waals surface area (Å²) < 4.78 is 31.4. The Morgan fingerprint density at radius 2 is 1.82 bits per heavy atom. The van der Waals surface area contributed by atoms with E-state index in [1.54, 1.807) is 0 Å². The van der Waals surface area contributed by atoms with Gasteiger partial charge in [-0.3, -0.25) is 0 Å². The fraction of sp³-hybridized carbons (Fsp3) is 0.364. The molecule has 1 aromatic carbocycles. The van der Waals surface area contributed by atoms with Gasteiger partial charge in [0.2, 0.25) is 0 Å². The lowest BCUT2D eigenvalue weighted by Gasteiger charge is -2.18. The molecule has 0 spiro atoms. The minimum atomic E-state index is -1.43. The lowest BCUT2D eigenvalue weighted by Crippen LogP contribution is -2.28. The number of hydrogen-bond acceptors (Lipinski definition) is 3. The van der Waals surface area contributed by atoms with Crippen molar-refractivity contribution >= 4 is 5.97 Å². The zero-order valence-electron chi connectivity index (χ0n) is 9.33. The molecule has 0 aliphatic carbocycles. The number of carboxylic acids is 1. The third-order valence-electron chi connectivity index (χ3n) is 1.81. The minimum Gasteiger partial charge on any atom is -0.485 e. The lowest BCUT2D eigenvalue weighted by molar-refractivity contribution is 0.0256. The third kappa shape index (κ3) is 3.67. The molecule has 0 unspecified atom stereocenters. The molecule has 94 valence electrons. The Morgan fingerprint density at radius 3 is 2.18 bits per heavy atom. The van der Waals surface area contributed by atoms with Crippen LogP contribution in [0.4, 0.5) is 8.78 Å². The first-order valence-electron chi connectivity index (χ1n) is 4.78. The van der Waals surface area contributed by atoms with Crippen LogP contribution in [0.25, 0.3) is 0 Å². The topological polar surface area (TPSA) is 66.8 Å². The maximum atomic E-state index is 13.3. The van der Waals surface area contributed by atoms with Crippen molar-refractivity contribution in [3.63, 3.8) is 0 Å². The normalized spacial score (nSPS) is 11.4. The number of carbonyl (C=O) groups is 1. The fourth-order valence-corrected chi connectivity index (χ4v) is 1.07. The van der Waals surface area contributed by atoms with Crippen LogP contribution in [0.3, 0.4) is 0 Å². The molecule has 0 amide bonds. The van der Waals surface area contributed by atoms with Gasteiger partial charge >= 0.3 is 5.97 Å². The maximum absolute atomic E-state index is 13.3. The number of aliphatic hydroxyl groups is 1. The molecule has 0 saturated carbocycles. The maximum Gasteiger partial charge on any atom is 0.335 e. The molecule has 0 saturated heterocycles. The van der Waals surface area contributed by atoms with Crippen molar-refractivity contribution in [1.29, 1.82) is 0 Å². The number of aromatic carboxylic acids is 1. The van der Waals surface area contributed by atoms with Crippen molar-refractivity contribution in [3.05, 3.63) is 29.3 Å². The van der Waals surface area contributed by atoms with Crippen LogP contribution in [0.1, 0.15) is 24.2 Å². The molecular weight excluding hydrogens is 234 g/mol. The predicted octanol–water partition coefficient (Wildman–Crippen LogP) is 1.81. The Bertz CT molecular complexity index is 415. The molecule has 1 aromatic rings. The molecule has 6 heteroatoms. The van der Waals surface area contributed by atoms with Gasteiger partial charge in [-0.1, -0.05) is 0 Å². The van der Waals surface area contributed by atoms with Gasteiger partial charge in [0, 0.05) is 0 Å². The molecule has 0 aliphatic heterocycles. The first-order chi connectivity index (χ1) is 7.70. The van der Waals surface area contributed by atoms with Gasteiger partial charge in [-0.15, -0.1) is 0 Å². The zero-order chi connectivity index (χ0) is 13.2. The standard InChI is InChI=1S/C11H12F2O4/c1-11(2,16)5-17-9-7(12)3-6(10(14)15)4-8(9)13/h3-4,16H,5H2,1-2H3,(H,14,15). The van der Waals surface area contributed by atoms with Gasteiger partial charge in [-0.25, -0.2) is 13.6 Å². The monoisotopic (exact) mass is 246 g/mol. The molecule has 2 N–H and O–H groups in total. The first kappa shape index (κ1) is 13.4. The van der Waals surface area contributed by atoms with Crippen molar-refractivity contribution in [2.45, 2.75) is 19.4 Å². The second-order valence-corrected chi connectivity index (χ2v) is 4.18. The van der Waals surface area contributed by atoms with Crippen LogP contribution in [0.5, 0.6) is 5.75 Å². The minimum absolute atomic E-state index is 0.312. The molecule has 0 fully saturated rings. The van der Waals surface area contributed by atoms with E-state index >= 15 is 0 Å². The number of ether oxygens (including phenoxy) is 1. The summed E-state index contributed by atoms with van der Waals surface area (Å²) in [5, 5.41) is 17.9. The molecule has 0 aliphatic rings. The summed E-state index contributed by atoms with van der Waals surface area (Å²) in [4.78, 5) is 10.5. The van der Waals surface area contributed by atoms with Crippen LogP contribution in [-0.4, -0.2) is 28.4 Å². The number of hydrogen-bond donors (Lipinski definition) is 2. The van der Waals surface area contributed by atoms with E-state index in [1.807, 2.05) is 0 Å². The van der Waals surface area contributed by atoms with Gasteiger partial charge in [0.1, 0.15) is 6.61 Å². The smallest absolute Gasteiger partial charge is 0.335 e. The summed E-state index contributed by atoms with van der Waals surface area (Å²) in [5.74, 6) is -4.37. The van der Waals surface area contributed by atoms with E-state index in [-0.39, 0.29) is 6.61 Å². The number of carboxylic acid groups (broad SMARTS) is 1. The second kappa shape index (κ2) is 4.67. The van der Waals surface area contributed by atoms with Crippen LogP contribution in [-0.2, 0) is 0 Å². The molecular formula is C11H12F2O4. The van der Waals surface area contributed by atoms with Gasteiger partial charge in [-0.05, 0) is 26.0 Å². The summed E-state index contributed by atoms with van der Waals surface area (Å²) >= 11 is 0. The number of benzene rings is 1. The Hall–Kier alpha value is -1.69. The number of halogens is 2. The van der Waals surface area contributed by atoms with Crippen molar-refractivity contribution in [3.8, 4) is 5.75 Å². The van der Waals surface area contributed by atoms with Crippen LogP contribution >= 0.6 is 0 Å². The molecule has 0 atom stereocenters. The largest absolute Gasteiger partial charge is 0.485 e. The third-order valence-corrected chi connectivity index (χ3v) is 1.81. The van der Waals surface area contributed by atoms with Crippen molar-refractivity contribution in [1.82, 2.24) is 0 Å². The predicted molar refractivity (Wildman–Crippen MR) is 55.1 cm³/mol. The van der Waals surface area contributed by atoms with Gasteiger partial charge in [0.15, 0.2) is 17.4 Å². The first-order valence-corrected chi connectivity index (χ1v) is 4.78. The SMILES string of the molecule is CC(C)(O)COc1c(F)cc(C(=O)O)cc1F. The average Bonchev–Trinajstić information content (AvgIpc) is 2.14. The van der Waals surface area contributed by atoms with Crippen LogP contribution in [0.2, 0.25) is 0 Å². The molecule has 17 heavy (non-hydrogen) atoms. The van der Waals surface area contributed by atoms with Gasteiger partial charge in [0.25, 0.3) is 0 Å². The highest BCUT2D eigenvalue weighted by Crippen LogP contribution is 2.24. The highest BCUT2D eigenvalue weighted by Gasteiger charge is 2.19. The van der Waals surface area contributed by atoms with Gasteiger partial charge in [0.05, 0.1) is 11.2 Å². The summed E-state index contributed by atoms with van der Waals surface area (Å²) in [6, 6.07) is 1.32. The average molecular weight is 246 g/mol. The highest BCUT2D eigenvalue weighted by atomic mass is 19.1. The molecule has 4 nitrogen and oxygen atoms in total. The van der Waals surface area contributed by atoms with Crippen LogP contribution in [0, 0.1) is 11.6 Å². The number of rotatable bonds is 4. The zero-order valence-corrected chi connectivity index (χ0v) is 9.33. The highest BCUT2D eigenvalue weighted by molar-refractivity contribution is 5.87. The molecule has 0 heterocycles. The lowest BCUT2D eigenvalue weighted by atomic mass is 10.1. The van der Waals surface area contributed by atoms with E-state index in [2.05, 4.69) is 0 Å². The van der Waals surface area contributed by atoms with E-state index in [1.165, 1.54) is 13.8 Å². The molecule has 0 aromatic heterocycles. The molecule has 0 radical (unpaired) electrons. The molecule has 0 bridgehead atoms. The van der Waals surface area contributed by atoms with E-state index in [9.17, 15) is 18.7 Å². The Kier molecular flexibility index (Phi) is 3.67. The second-order valence-electron chi connectivity index (χ2n) is 4.18. The Balaban J connectivity index is 2.98.